The van der Waals surface area contributed by atoms with Crippen LogP contribution < -0.4 is 4.72 Å². The van der Waals surface area contributed by atoms with Crippen LogP contribution in [-0.4, -0.2) is 20.8 Å². The average Bonchev–Trinajstić information content (AvgIpc) is 2.29. The SMILES string of the molecule is O=S(=O)(NCCCCCCl)c1ccccc1F. The van der Waals surface area contributed by atoms with E-state index in [1.807, 2.05) is 0 Å². The smallest absolute Gasteiger partial charge is 0.211 e. The number of rotatable bonds is 7. The minimum atomic E-state index is -3.74. The molecule has 0 radical (unpaired) electrons. The fourth-order valence-corrected chi connectivity index (χ4v) is 2.68. The van der Waals surface area contributed by atoms with E-state index < -0.39 is 15.8 Å². The molecule has 0 aliphatic carbocycles. The molecule has 0 spiro atoms. The number of nitrogens with one attached hydrogen (secondary N) is 1. The molecule has 0 bridgehead atoms. The minimum absolute atomic E-state index is 0.299. The van der Waals surface area contributed by atoms with Gasteiger partial charge in [-0.1, -0.05) is 18.6 Å². The maximum absolute atomic E-state index is 13.3. The van der Waals surface area contributed by atoms with Crippen molar-refractivity contribution in [3.05, 3.63) is 30.1 Å². The Balaban J connectivity index is 2.55. The van der Waals surface area contributed by atoms with Gasteiger partial charge in [-0.3, -0.25) is 0 Å². The summed E-state index contributed by atoms with van der Waals surface area (Å²) in [6, 6.07) is 5.32. The lowest BCUT2D eigenvalue weighted by molar-refractivity contribution is 0.554. The summed E-state index contributed by atoms with van der Waals surface area (Å²) in [6.45, 7) is 0.299. The van der Waals surface area contributed by atoms with E-state index in [2.05, 4.69) is 4.72 Å². The highest BCUT2D eigenvalue weighted by atomic mass is 35.5. The molecule has 1 rings (SSSR count). The predicted molar refractivity (Wildman–Crippen MR) is 66.2 cm³/mol. The van der Waals surface area contributed by atoms with E-state index in [-0.39, 0.29) is 4.90 Å². The van der Waals surface area contributed by atoms with Crippen molar-refractivity contribution in [2.45, 2.75) is 24.2 Å². The van der Waals surface area contributed by atoms with Gasteiger partial charge in [-0.15, -0.1) is 11.6 Å². The Labute approximate surface area is 106 Å². The van der Waals surface area contributed by atoms with E-state index in [4.69, 9.17) is 11.6 Å². The van der Waals surface area contributed by atoms with Crippen molar-refractivity contribution in [1.29, 1.82) is 0 Å². The molecule has 6 heteroatoms. The summed E-state index contributed by atoms with van der Waals surface area (Å²) < 4.78 is 39.1. The van der Waals surface area contributed by atoms with Crippen molar-refractivity contribution in [3.63, 3.8) is 0 Å². The summed E-state index contributed by atoms with van der Waals surface area (Å²) in [5.41, 5.74) is 0. The third-order valence-electron chi connectivity index (χ3n) is 2.23. The molecule has 0 saturated carbocycles. The molecule has 1 aromatic rings. The molecule has 17 heavy (non-hydrogen) atoms. The first-order valence-electron chi connectivity index (χ1n) is 5.38. The summed E-state index contributed by atoms with van der Waals surface area (Å²) >= 11 is 5.50. The maximum Gasteiger partial charge on any atom is 0.243 e. The third kappa shape index (κ3) is 4.61. The number of unbranched alkanes of at least 4 members (excludes halogenated alkanes) is 2. The Bertz CT molecular complexity index is 451. The van der Waals surface area contributed by atoms with Crippen molar-refractivity contribution in [2.24, 2.45) is 0 Å². The topological polar surface area (TPSA) is 46.2 Å². The predicted octanol–water partition coefficient (Wildman–Crippen LogP) is 2.51. The first-order valence-corrected chi connectivity index (χ1v) is 7.40. The largest absolute Gasteiger partial charge is 0.243 e. The molecule has 0 saturated heterocycles. The number of hydrogen-bond acceptors (Lipinski definition) is 2. The first-order chi connectivity index (χ1) is 8.08. The lowest BCUT2D eigenvalue weighted by Gasteiger charge is -2.07. The Morgan fingerprint density at radius 2 is 1.88 bits per heavy atom. The van der Waals surface area contributed by atoms with Crippen LogP contribution in [0.4, 0.5) is 4.39 Å². The van der Waals surface area contributed by atoms with Crippen molar-refractivity contribution >= 4 is 21.6 Å². The molecule has 0 unspecified atom stereocenters. The van der Waals surface area contributed by atoms with Gasteiger partial charge in [-0.2, -0.15) is 0 Å². The van der Waals surface area contributed by atoms with Crippen LogP contribution in [0.15, 0.2) is 29.2 Å². The Morgan fingerprint density at radius 3 is 2.53 bits per heavy atom. The molecule has 0 amide bonds. The number of alkyl halides is 1. The summed E-state index contributed by atoms with van der Waals surface area (Å²) in [4.78, 5) is -0.308. The molecular weight excluding hydrogens is 265 g/mol. The van der Waals surface area contributed by atoms with Gasteiger partial charge in [0.05, 0.1) is 0 Å². The van der Waals surface area contributed by atoms with Crippen LogP contribution in [-0.2, 0) is 10.0 Å². The van der Waals surface area contributed by atoms with E-state index in [0.717, 1.165) is 18.9 Å². The van der Waals surface area contributed by atoms with E-state index in [1.54, 1.807) is 0 Å². The lowest BCUT2D eigenvalue weighted by atomic mass is 10.2. The average molecular weight is 280 g/mol. The highest BCUT2D eigenvalue weighted by Crippen LogP contribution is 2.12. The quantitative estimate of drug-likeness (QED) is 0.616. The minimum Gasteiger partial charge on any atom is -0.211 e. The van der Waals surface area contributed by atoms with Crippen LogP contribution in [0.1, 0.15) is 19.3 Å². The fourth-order valence-electron chi connectivity index (χ4n) is 1.34. The van der Waals surface area contributed by atoms with Gasteiger partial charge in [-0.25, -0.2) is 17.5 Å². The van der Waals surface area contributed by atoms with Crippen LogP contribution in [0.5, 0.6) is 0 Å². The van der Waals surface area contributed by atoms with Gasteiger partial charge >= 0.3 is 0 Å². The summed E-state index contributed by atoms with van der Waals surface area (Å²) in [5.74, 6) is -0.166. The van der Waals surface area contributed by atoms with Crippen molar-refractivity contribution in [1.82, 2.24) is 4.72 Å². The summed E-state index contributed by atoms with van der Waals surface area (Å²) in [6.07, 6.45) is 2.40. The molecule has 96 valence electrons. The highest BCUT2D eigenvalue weighted by molar-refractivity contribution is 7.89. The zero-order chi connectivity index (χ0) is 12.7. The molecule has 1 N–H and O–H groups in total. The molecule has 0 aliphatic rings. The Kier molecular flexibility index (Phi) is 5.88. The van der Waals surface area contributed by atoms with Gasteiger partial charge < -0.3 is 0 Å². The molecule has 1 aromatic carbocycles. The molecular formula is C11H15ClFNO2S. The standard InChI is InChI=1S/C11H15ClFNO2S/c12-8-4-1-5-9-14-17(15,16)11-7-3-2-6-10(11)13/h2-3,6-7,14H,1,4-5,8-9H2. The third-order valence-corrected chi connectivity index (χ3v) is 3.99. The molecule has 0 heterocycles. The van der Waals surface area contributed by atoms with Crippen LogP contribution >= 0.6 is 11.6 Å². The van der Waals surface area contributed by atoms with Crippen molar-refractivity contribution in [3.8, 4) is 0 Å². The lowest BCUT2D eigenvalue weighted by Crippen LogP contribution is -2.25. The van der Waals surface area contributed by atoms with Gasteiger partial charge in [0.15, 0.2) is 0 Å². The molecule has 0 aliphatic heterocycles. The second-order valence-electron chi connectivity index (χ2n) is 3.58. The summed E-state index contributed by atoms with van der Waals surface area (Å²) in [7, 11) is -3.74. The second kappa shape index (κ2) is 6.93. The van der Waals surface area contributed by atoms with Crippen LogP contribution in [0.3, 0.4) is 0 Å². The van der Waals surface area contributed by atoms with E-state index in [0.29, 0.717) is 18.8 Å². The van der Waals surface area contributed by atoms with Gasteiger partial charge in [0.1, 0.15) is 10.7 Å². The molecule has 0 atom stereocenters. The number of benzene rings is 1. The molecule has 3 nitrogen and oxygen atoms in total. The van der Waals surface area contributed by atoms with Crippen LogP contribution in [0.25, 0.3) is 0 Å². The van der Waals surface area contributed by atoms with E-state index in [1.165, 1.54) is 18.2 Å². The molecule has 0 aromatic heterocycles. The normalized spacial score (nSPS) is 11.6. The first kappa shape index (κ1) is 14.4. The van der Waals surface area contributed by atoms with Crippen molar-refractivity contribution < 1.29 is 12.8 Å². The monoisotopic (exact) mass is 279 g/mol. The zero-order valence-corrected chi connectivity index (χ0v) is 10.9. The fraction of sp³-hybridized carbons (Fsp3) is 0.455. The number of halogens is 2. The zero-order valence-electron chi connectivity index (χ0n) is 9.33. The Morgan fingerprint density at radius 1 is 1.18 bits per heavy atom. The number of hydrogen-bond donors (Lipinski definition) is 1. The van der Waals surface area contributed by atoms with Gasteiger partial charge in [0.25, 0.3) is 0 Å². The van der Waals surface area contributed by atoms with E-state index in [9.17, 15) is 12.8 Å². The van der Waals surface area contributed by atoms with E-state index >= 15 is 0 Å². The second-order valence-corrected chi connectivity index (χ2v) is 5.69. The number of sulfonamides is 1. The summed E-state index contributed by atoms with van der Waals surface area (Å²) in [5, 5.41) is 0. The van der Waals surface area contributed by atoms with Gasteiger partial charge in [0, 0.05) is 12.4 Å². The Hall–Kier alpha value is -0.650. The van der Waals surface area contributed by atoms with Gasteiger partial charge in [-0.05, 0) is 25.0 Å². The van der Waals surface area contributed by atoms with Crippen LogP contribution in [0.2, 0.25) is 0 Å². The maximum atomic E-state index is 13.3. The van der Waals surface area contributed by atoms with Crippen molar-refractivity contribution in [2.75, 3.05) is 12.4 Å². The highest BCUT2D eigenvalue weighted by Gasteiger charge is 2.17. The van der Waals surface area contributed by atoms with Gasteiger partial charge in [0.2, 0.25) is 10.0 Å². The molecule has 0 fully saturated rings. The van der Waals surface area contributed by atoms with Crippen LogP contribution in [0, 0.1) is 5.82 Å².